The minimum absolute atomic E-state index is 0.141. The molecule has 0 radical (unpaired) electrons. The largest absolute Gasteiger partial charge is 0.370 e. The number of halogens is 2. The molecule has 1 saturated heterocycles. The fraction of sp³-hybridized carbons (Fsp3) is 0.368. The second kappa shape index (κ2) is 7.06. The number of morpholine rings is 1. The third-order valence-electron chi connectivity index (χ3n) is 4.48. The zero-order chi connectivity index (χ0) is 18.9. The lowest BCUT2D eigenvalue weighted by Crippen LogP contribution is -2.56. The molecule has 0 saturated carbocycles. The lowest BCUT2D eigenvalue weighted by atomic mass is 10.0. The lowest BCUT2D eigenvalue weighted by molar-refractivity contribution is -0.0656. The maximum Gasteiger partial charge on any atom is 0.218 e. The van der Waals surface area contributed by atoms with Crippen molar-refractivity contribution in [2.24, 2.45) is 0 Å². The molecule has 2 aromatic carbocycles. The van der Waals surface area contributed by atoms with Gasteiger partial charge >= 0.3 is 0 Å². The number of hydrogen-bond acceptors (Lipinski definition) is 3. The molecule has 1 aliphatic rings. The third-order valence-corrected chi connectivity index (χ3v) is 6.50. The summed E-state index contributed by atoms with van der Waals surface area (Å²) in [6.07, 6.45) is -0.466. The molecule has 1 atom stereocenters. The van der Waals surface area contributed by atoms with Crippen LogP contribution in [0.5, 0.6) is 0 Å². The minimum atomic E-state index is -3.65. The quantitative estimate of drug-likeness (QED) is 0.812. The Morgan fingerprint density at radius 2 is 1.58 bits per heavy atom. The number of hydrogen-bond donors (Lipinski definition) is 0. The zero-order valence-electron chi connectivity index (χ0n) is 14.7. The van der Waals surface area contributed by atoms with E-state index in [0.717, 1.165) is 5.56 Å². The van der Waals surface area contributed by atoms with Crippen LogP contribution in [-0.2, 0) is 20.5 Å². The first kappa shape index (κ1) is 18.9. The van der Waals surface area contributed by atoms with E-state index in [4.69, 9.17) is 4.74 Å². The molecule has 26 heavy (non-hydrogen) atoms. The van der Waals surface area contributed by atoms with Crippen LogP contribution >= 0.6 is 0 Å². The Morgan fingerprint density at radius 3 is 2.15 bits per heavy atom. The average molecular weight is 381 g/mol. The minimum Gasteiger partial charge on any atom is -0.370 e. The molecule has 1 aliphatic heterocycles. The van der Waals surface area contributed by atoms with Gasteiger partial charge in [0.15, 0.2) is 0 Å². The summed E-state index contributed by atoms with van der Waals surface area (Å²) >= 11 is 0. The van der Waals surface area contributed by atoms with Crippen LogP contribution in [0.15, 0.2) is 48.5 Å². The summed E-state index contributed by atoms with van der Waals surface area (Å²) in [6, 6.07) is 11.3. The first-order valence-electron chi connectivity index (χ1n) is 8.29. The monoisotopic (exact) mass is 381 g/mol. The second-order valence-corrected chi connectivity index (χ2v) is 8.97. The van der Waals surface area contributed by atoms with E-state index in [0.29, 0.717) is 5.56 Å². The smallest absolute Gasteiger partial charge is 0.218 e. The molecule has 0 N–H and O–H groups in total. The summed E-state index contributed by atoms with van der Waals surface area (Å²) in [6.45, 7) is 3.96. The highest BCUT2D eigenvalue weighted by Crippen LogP contribution is 2.33. The number of ether oxygens (including phenoxy) is 1. The van der Waals surface area contributed by atoms with E-state index in [2.05, 4.69) is 0 Å². The number of benzene rings is 2. The standard InChI is InChI=1S/C19H21F2NO3S/c1-19(2)13-25-18(15-5-9-17(21)10-6-15)11-22(19)26(23,24)12-14-3-7-16(20)8-4-14/h3-10,18H,11-13H2,1-2H3. The van der Waals surface area contributed by atoms with Gasteiger partial charge in [-0.1, -0.05) is 24.3 Å². The lowest BCUT2D eigenvalue weighted by Gasteiger charge is -2.44. The van der Waals surface area contributed by atoms with E-state index in [1.54, 1.807) is 26.0 Å². The van der Waals surface area contributed by atoms with Gasteiger partial charge in [-0.15, -0.1) is 0 Å². The van der Waals surface area contributed by atoms with Gasteiger partial charge < -0.3 is 4.74 Å². The molecule has 0 aliphatic carbocycles. The Bertz CT molecular complexity index is 865. The van der Waals surface area contributed by atoms with Gasteiger partial charge in [-0.2, -0.15) is 4.31 Å². The molecule has 1 heterocycles. The molecule has 140 valence electrons. The van der Waals surface area contributed by atoms with E-state index in [9.17, 15) is 17.2 Å². The molecule has 0 spiro atoms. The Hall–Kier alpha value is -1.83. The van der Waals surface area contributed by atoms with Crippen molar-refractivity contribution in [3.63, 3.8) is 0 Å². The van der Waals surface area contributed by atoms with Gasteiger partial charge in [0, 0.05) is 6.54 Å². The van der Waals surface area contributed by atoms with Gasteiger partial charge in [0.2, 0.25) is 10.0 Å². The van der Waals surface area contributed by atoms with Gasteiger partial charge in [0.1, 0.15) is 11.6 Å². The van der Waals surface area contributed by atoms with Crippen LogP contribution < -0.4 is 0 Å². The van der Waals surface area contributed by atoms with E-state index in [1.165, 1.54) is 40.7 Å². The molecule has 4 nitrogen and oxygen atoms in total. The molecule has 3 rings (SSSR count). The maximum atomic E-state index is 13.1. The zero-order valence-corrected chi connectivity index (χ0v) is 15.5. The molecule has 0 bridgehead atoms. The van der Waals surface area contributed by atoms with Gasteiger partial charge in [-0.25, -0.2) is 17.2 Å². The van der Waals surface area contributed by atoms with Crippen molar-refractivity contribution in [3.05, 3.63) is 71.3 Å². The van der Waals surface area contributed by atoms with Crippen LogP contribution in [0.25, 0.3) is 0 Å². The van der Waals surface area contributed by atoms with Crippen LogP contribution in [0.2, 0.25) is 0 Å². The third kappa shape index (κ3) is 4.11. The molecule has 0 aromatic heterocycles. The first-order valence-corrected chi connectivity index (χ1v) is 9.90. The SMILES string of the molecule is CC1(C)COC(c2ccc(F)cc2)CN1S(=O)(=O)Cc1ccc(F)cc1. The number of nitrogens with zero attached hydrogens (tertiary/aromatic N) is 1. The predicted molar refractivity (Wildman–Crippen MR) is 94.9 cm³/mol. The van der Waals surface area contributed by atoms with Crippen molar-refractivity contribution in [2.45, 2.75) is 31.2 Å². The van der Waals surface area contributed by atoms with Crippen LogP contribution in [0.1, 0.15) is 31.1 Å². The molecule has 7 heteroatoms. The van der Waals surface area contributed by atoms with E-state index < -0.39 is 27.5 Å². The van der Waals surface area contributed by atoms with Crippen molar-refractivity contribution in [3.8, 4) is 0 Å². The summed E-state index contributed by atoms with van der Waals surface area (Å²) in [5.74, 6) is -0.979. The normalized spacial score (nSPS) is 20.8. The highest BCUT2D eigenvalue weighted by molar-refractivity contribution is 7.88. The Labute approximate surface area is 152 Å². The van der Waals surface area contributed by atoms with Crippen molar-refractivity contribution in [1.82, 2.24) is 4.31 Å². The molecule has 1 fully saturated rings. The fourth-order valence-electron chi connectivity index (χ4n) is 3.07. The Kier molecular flexibility index (Phi) is 5.14. The van der Waals surface area contributed by atoms with Crippen LogP contribution in [0.3, 0.4) is 0 Å². The highest BCUT2D eigenvalue weighted by Gasteiger charge is 2.42. The molecule has 1 unspecified atom stereocenters. The van der Waals surface area contributed by atoms with Crippen molar-refractivity contribution >= 4 is 10.0 Å². The van der Waals surface area contributed by atoms with Crippen molar-refractivity contribution < 1.29 is 21.9 Å². The summed E-state index contributed by atoms with van der Waals surface area (Å²) in [5.41, 5.74) is 0.533. The number of rotatable bonds is 4. The summed E-state index contributed by atoms with van der Waals surface area (Å²) in [7, 11) is -3.65. The Morgan fingerprint density at radius 1 is 1.04 bits per heavy atom. The molecule has 2 aromatic rings. The number of sulfonamides is 1. The molecular formula is C19H21F2NO3S. The molecule has 0 amide bonds. The van der Waals surface area contributed by atoms with Crippen LogP contribution in [-0.4, -0.2) is 31.4 Å². The van der Waals surface area contributed by atoms with E-state index in [1.807, 2.05) is 0 Å². The van der Waals surface area contributed by atoms with Gasteiger partial charge in [0.25, 0.3) is 0 Å². The van der Waals surface area contributed by atoms with Crippen molar-refractivity contribution in [2.75, 3.05) is 13.2 Å². The maximum absolute atomic E-state index is 13.1. The second-order valence-electron chi connectivity index (χ2n) is 7.08. The first-order chi connectivity index (χ1) is 12.2. The predicted octanol–water partition coefficient (Wildman–Crippen LogP) is 3.65. The van der Waals surface area contributed by atoms with Crippen molar-refractivity contribution in [1.29, 1.82) is 0 Å². The molecular weight excluding hydrogens is 360 g/mol. The fourth-order valence-corrected chi connectivity index (χ4v) is 5.00. The Balaban J connectivity index is 1.84. The van der Waals surface area contributed by atoms with Gasteiger partial charge in [-0.3, -0.25) is 0 Å². The summed E-state index contributed by atoms with van der Waals surface area (Å²) in [4.78, 5) is 0. The van der Waals surface area contributed by atoms with Gasteiger partial charge in [0.05, 0.1) is 24.0 Å². The van der Waals surface area contributed by atoms with Gasteiger partial charge in [-0.05, 0) is 49.2 Å². The van der Waals surface area contributed by atoms with E-state index in [-0.39, 0.29) is 24.7 Å². The summed E-state index contributed by atoms with van der Waals surface area (Å²) < 4.78 is 59.5. The average Bonchev–Trinajstić information content (AvgIpc) is 2.57. The van der Waals surface area contributed by atoms with E-state index >= 15 is 0 Å². The summed E-state index contributed by atoms with van der Waals surface area (Å²) in [5, 5.41) is 0. The van der Waals surface area contributed by atoms with Crippen LogP contribution in [0.4, 0.5) is 8.78 Å². The topological polar surface area (TPSA) is 46.6 Å². The highest BCUT2D eigenvalue weighted by atomic mass is 32.2. The van der Waals surface area contributed by atoms with Crippen LogP contribution in [0, 0.1) is 11.6 Å².